The van der Waals surface area contributed by atoms with Crippen molar-refractivity contribution >= 4 is 33.3 Å². The van der Waals surface area contributed by atoms with Crippen molar-refractivity contribution in [3.05, 3.63) is 29.3 Å². The fourth-order valence-electron chi connectivity index (χ4n) is 4.23. The Morgan fingerprint density at radius 2 is 1.96 bits per heavy atom. The van der Waals surface area contributed by atoms with Gasteiger partial charge in [0.05, 0.1) is 4.83 Å². The maximum atomic E-state index is 13.0. The monoisotopic (exact) mass is 405 g/mol. The number of Topliss-reactive ketones (excluding diaryl/α,β-unsaturated/α-hetero) is 1. The van der Waals surface area contributed by atoms with Crippen LogP contribution in [0.5, 0.6) is 0 Å². The molecule has 1 aromatic rings. The Morgan fingerprint density at radius 3 is 2.64 bits per heavy atom. The van der Waals surface area contributed by atoms with Crippen LogP contribution in [0.4, 0.5) is 5.69 Å². The summed E-state index contributed by atoms with van der Waals surface area (Å²) in [4.78, 5) is 27.5. The molecule has 1 aromatic carbocycles. The number of halogens is 1. The summed E-state index contributed by atoms with van der Waals surface area (Å²) in [6, 6.07) is 6.07. The Labute approximate surface area is 159 Å². The SMILES string of the molecule is CCCC(Br)C(=O)c1ccc2c(c1)CC(C)N2C(=O)C1CCCCC1. The van der Waals surface area contributed by atoms with Crippen LogP contribution in [0.1, 0.15) is 74.7 Å². The molecule has 2 unspecified atom stereocenters. The van der Waals surface area contributed by atoms with Gasteiger partial charge in [-0.1, -0.05) is 48.5 Å². The lowest BCUT2D eigenvalue weighted by atomic mass is 9.88. The number of fused-ring (bicyclic) bond motifs is 1. The van der Waals surface area contributed by atoms with E-state index in [2.05, 4.69) is 29.8 Å². The molecule has 3 nitrogen and oxygen atoms in total. The second-order valence-corrected chi connectivity index (χ2v) is 8.67. The lowest BCUT2D eigenvalue weighted by molar-refractivity contribution is -0.123. The van der Waals surface area contributed by atoms with Gasteiger partial charge in [-0.25, -0.2) is 0 Å². The summed E-state index contributed by atoms with van der Waals surface area (Å²) >= 11 is 3.51. The number of carbonyl (C=O) groups is 2. The van der Waals surface area contributed by atoms with Gasteiger partial charge in [0.1, 0.15) is 0 Å². The Kier molecular flexibility index (Phi) is 5.98. The second kappa shape index (κ2) is 8.03. The van der Waals surface area contributed by atoms with E-state index in [0.717, 1.165) is 48.9 Å². The van der Waals surface area contributed by atoms with Crippen molar-refractivity contribution in [2.75, 3.05) is 4.90 Å². The first-order valence-corrected chi connectivity index (χ1v) is 10.6. The van der Waals surface area contributed by atoms with Crippen molar-refractivity contribution in [3.63, 3.8) is 0 Å². The average Bonchev–Trinajstić information content (AvgIpc) is 2.96. The number of alkyl halides is 1. The fourth-order valence-corrected chi connectivity index (χ4v) is 4.95. The summed E-state index contributed by atoms with van der Waals surface area (Å²) in [5.41, 5.74) is 2.91. The van der Waals surface area contributed by atoms with Crippen LogP contribution in [0.2, 0.25) is 0 Å². The summed E-state index contributed by atoms with van der Waals surface area (Å²) in [5, 5.41) is 0. The minimum atomic E-state index is -0.116. The number of rotatable bonds is 5. The fraction of sp³-hybridized carbons (Fsp3) is 0.619. The first-order valence-electron chi connectivity index (χ1n) is 9.67. The summed E-state index contributed by atoms with van der Waals surface area (Å²) in [6.07, 6.45) is 8.31. The van der Waals surface area contributed by atoms with Gasteiger partial charge in [0.15, 0.2) is 5.78 Å². The molecule has 0 N–H and O–H groups in total. The molecule has 0 bridgehead atoms. The predicted molar refractivity (Wildman–Crippen MR) is 106 cm³/mol. The highest BCUT2D eigenvalue weighted by atomic mass is 79.9. The third-order valence-electron chi connectivity index (χ3n) is 5.60. The van der Waals surface area contributed by atoms with Crippen LogP contribution < -0.4 is 4.90 Å². The maximum absolute atomic E-state index is 13.0. The molecule has 1 heterocycles. The molecule has 1 amide bonds. The van der Waals surface area contributed by atoms with Gasteiger partial charge in [-0.2, -0.15) is 0 Å². The van der Waals surface area contributed by atoms with E-state index in [0.29, 0.717) is 0 Å². The van der Waals surface area contributed by atoms with Gasteiger partial charge in [-0.3, -0.25) is 9.59 Å². The minimum absolute atomic E-state index is 0.116. The Hall–Kier alpha value is -1.16. The lowest BCUT2D eigenvalue weighted by Crippen LogP contribution is -2.40. The topological polar surface area (TPSA) is 37.4 Å². The third kappa shape index (κ3) is 3.84. The molecule has 1 aliphatic heterocycles. The molecular weight excluding hydrogens is 378 g/mol. The standard InChI is InChI=1S/C21H28BrNO2/c1-3-7-18(22)20(24)16-10-11-19-17(13-16)12-14(2)23(19)21(25)15-8-5-4-6-9-15/h10-11,13-15,18H,3-9,12H2,1-2H3. The first-order chi connectivity index (χ1) is 12.0. The van der Waals surface area contributed by atoms with Gasteiger partial charge in [-0.15, -0.1) is 0 Å². The van der Waals surface area contributed by atoms with Crippen LogP contribution in [0.3, 0.4) is 0 Å². The van der Waals surface area contributed by atoms with E-state index in [1.165, 1.54) is 19.3 Å². The van der Waals surface area contributed by atoms with E-state index in [9.17, 15) is 9.59 Å². The van der Waals surface area contributed by atoms with Crippen molar-refractivity contribution in [2.24, 2.45) is 5.92 Å². The predicted octanol–water partition coefficient (Wildman–Crippen LogP) is 5.29. The number of hydrogen-bond acceptors (Lipinski definition) is 2. The van der Waals surface area contributed by atoms with E-state index in [-0.39, 0.29) is 28.5 Å². The Bertz CT molecular complexity index is 651. The molecule has 2 aliphatic rings. The van der Waals surface area contributed by atoms with Gasteiger partial charge in [0, 0.05) is 23.2 Å². The maximum Gasteiger partial charge on any atom is 0.230 e. The Balaban J connectivity index is 1.81. The summed E-state index contributed by atoms with van der Waals surface area (Å²) in [7, 11) is 0. The van der Waals surface area contributed by atoms with Crippen molar-refractivity contribution in [1.82, 2.24) is 0 Å². The number of hydrogen-bond donors (Lipinski definition) is 0. The number of amides is 1. The highest BCUT2D eigenvalue weighted by Gasteiger charge is 2.35. The van der Waals surface area contributed by atoms with Crippen LogP contribution in [0, 0.1) is 5.92 Å². The molecule has 1 saturated carbocycles. The van der Waals surface area contributed by atoms with Gasteiger partial charge < -0.3 is 4.90 Å². The quantitative estimate of drug-likeness (QED) is 0.492. The number of anilines is 1. The average molecular weight is 406 g/mol. The molecule has 2 atom stereocenters. The molecule has 4 heteroatoms. The lowest BCUT2D eigenvalue weighted by Gasteiger charge is -2.29. The molecule has 0 aromatic heterocycles. The minimum Gasteiger partial charge on any atom is -0.309 e. The van der Waals surface area contributed by atoms with Gasteiger partial charge in [-0.05, 0) is 56.4 Å². The second-order valence-electron chi connectivity index (χ2n) is 7.56. The van der Waals surface area contributed by atoms with Crippen molar-refractivity contribution < 1.29 is 9.59 Å². The zero-order valence-electron chi connectivity index (χ0n) is 15.3. The number of carbonyl (C=O) groups excluding carboxylic acids is 2. The first kappa shape index (κ1) is 18.6. The van der Waals surface area contributed by atoms with E-state index >= 15 is 0 Å². The normalized spacial score (nSPS) is 21.9. The van der Waals surface area contributed by atoms with E-state index < -0.39 is 0 Å². The van der Waals surface area contributed by atoms with E-state index in [4.69, 9.17) is 0 Å². The van der Waals surface area contributed by atoms with Crippen LogP contribution in [0.15, 0.2) is 18.2 Å². The molecule has 1 fully saturated rings. The molecule has 3 rings (SSSR count). The summed E-state index contributed by atoms with van der Waals surface area (Å²) in [6.45, 7) is 4.20. The van der Waals surface area contributed by atoms with Gasteiger partial charge in [0.2, 0.25) is 5.91 Å². The smallest absolute Gasteiger partial charge is 0.230 e. The van der Waals surface area contributed by atoms with Gasteiger partial charge >= 0.3 is 0 Å². The zero-order chi connectivity index (χ0) is 18.0. The summed E-state index contributed by atoms with van der Waals surface area (Å²) < 4.78 is 0. The molecular formula is C21H28BrNO2. The number of ketones is 1. The van der Waals surface area contributed by atoms with Crippen LogP contribution in [-0.4, -0.2) is 22.6 Å². The van der Waals surface area contributed by atoms with Crippen LogP contribution >= 0.6 is 15.9 Å². The molecule has 0 spiro atoms. The highest BCUT2D eigenvalue weighted by molar-refractivity contribution is 9.10. The van der Waals surface area contributed by atoms with Crippen molar-refractivity contribution in [2.45, 2.75) is 76.1 Å². The molecule has 0 saturated heterocycles. The van der Waals surface area contributed by atoms with Crippen LogP contribution in [-0.2, 0) is 11.2 Å². The zero-order valence-corrected chi connectivity index (χ0v) is 16.8. The van der Waals surface area contributed by atoms with Gasteiger partial charge in [0.25, 0.3) is 0 Å². The number of nitrogens with zero attached hydrogens (tertiary/aromatic N) is 1. The van der Waals surface area contributed by atoms with Crippen molar-refractivity contribution in [1.29, 1.82) is 0 Å². The molecule has 1 aliphatic carbocycles. The van der Waals surface area contributed by atoms with E-state index in [1.54, 1.807) is 0 Å². The third-order valence-corrected chi connectivity index (χ3v) is 6.47. The largest absolute Gasteiger partial charge is 0.309 e. The molecule has 25 heavy (non-hydrogen) atoms. The Morgan fingerprint density at radius 1 is 1.24 bits per heavy atom. The van der Waals surface area contributed by atoms with Crippen LogP contribution in [0.25, 0.3) is 0 Å². The molecule has 136 valence electrons. The van der Waals surface area contributed by atoms with Crippen molar-refractivity contribution in [3.8, 4) is 0 Å². The highest BCUT2D eigenvalue weighted by Crippen LogP contribution is 2.36. The summed E-state index contributed by atoms with van der Waals surface area (Å²) in [5.74, 6) is 0.615. The molecule has 0 radical (unpaired) electrons. The number of benzene rings is 1. The van der Waals surface area contributed by atoms with E-state index in [1.807, 2.05) is 23.1 Å².